The molecule has 1 aromatic rings. The topological polar surface area (TPSA) is 82.7 Å². The highest BCUT2D eigenvalue weighted by Gasteiger charge is 2.34. The van der Waals surface area contributed by atoms with Gasteiger partial charge in [-0.2, -0.15) is 0 Å². The molecule has 0 saturated carbocycles. The largest absolute Gasteiger partial charge is 0.480 e. The molecule has 7 nitrogen and oxygen atoms in total. The molecule has 1 atom stereocenters. The second-order valence-electron chi connectivity index (χ2n) is 6.51. The smallest absolute Gasteiger partial charge is 0.319 e. The molecule has 3 saturated heterocycles. The van der Waals surface area contributed by atoms with Crippen LogP contribution in [0.2, 0.25) is 5.02 Å². The summed E-state index contributed by atoms with van der Waals surface area (Å²) in [5.41, 5.74) is 0.986. The van der Waals surface area contributed by atoms with E-state index in [2.05, 4.69) is 20.9 Å². The minimum Gasteiger partial charge on any atom is -0.480 e. The number of amides is 3. The number of ether oxygens (including phenoxy) is 1. The highest BCUT2D eigenvalue weighted by Crippen LogP contribution is 2.38. The molecule has 0 spiro atoms. The van der Waals surface area contributed by atoms with Crippen LogP contribution in [-0.4, -0.2) is 49.1 Å². The molecule has 5 rings (SSSR count). The van der Waals surface area contributed by atoms with E-state index in [1.807, 2.05) is 0 Å². The van der Waals surface area contributed by atoms with Gasteiger partial charge in [0.25, 0.3) is 5.91 Å². The molecule has 128 valence electrons. The van der Waals surface area contributed by atoms with Gasteiger partial charge in [-0.25, -0.2) is 4.79 Å². The van der Waals surface area contributed by atoms with E-state index in [1.54, 1.807) is 12.1 Å². The summed E-state index contributed by atoms with van der Waals surface area (Å²) in [5, 5.41) is 8.89. The van der Waals surface area contributed by atoms with Crippen molar-refractivity contribution in [3.63, 3.8) is 0 Å². The number of anilines is 2. The molecule has 0 radical (unpaired) electrons. The number of fused-ring (bicyclic) bond motifs is 4. The quantitative estimate of drug-likeness (QED) is 0.760. The molecule has 3 fully saturated rings. The van der Waals surface area contributed by atoms with Crippen molar-refractivity contribution in [3.8, 4) is 5.75 Å². The van der Waals surface area contributed by atoms with Gasteiger partial charge in [0.15, 0.2) is 12.4 Å². The van der Waals surface area contributed by atoms with Crippen molar-refractivity contribution in [2.24, 2.45) is 5.92 Å². The van der Waals surface area contributed by atoms with Gasteiger partial charge in [0.2, 0.25) is 0 Å². The fraction of sp³-hybridized carbons (Fsp3) is 0.500. The zero-order valence-electron chi connectivity index (χ0n) is 13.1. The van der Waals surface area contributed by atoms with Crippen LogP contribution >= 0.6 is 11.6 Å². The summed E-state index contributed by atoms with van der Waals surface area (Å²) >= 11 is 6.17. The Morgan fingerprint density at radius 1 is 1.33 bits per heavy atom. The third-order valence-electron chi connectivity index (χ3n) is 4.90. The SMILES string of the molecule is O=C1COc2c(Cl)cc(NC(=O)N[C@@H]3CN4CCC3CC4)cc2N1. The predicted octanol–water partition coefficient (Wildman–Crippen LogP) is 1.89. The number of carbonyl (C=O) groups excluding carboxylic acids is 2. The van der Waals surface area contributed by atoms with Gasteiger partial charge in [-0.1, -0.05) is 11.6 Å². The van der Waals surface area contributed by atoms with Crippen molar-refractivity contribution in [2.45, 2.75) is 18.9 Å². The zero-order valence-corrected chi connectivity index (χ0v) is 13.9. The molecule has 1 aromatic carbocycles. The van der Waals surface area contributed by atoms with E-state index in [0.717, 1.165) is 32.5 Å². The summed E-state index contributed by atoms with van der Waals surface area (Å²) in [6, 6.07) is 3.19. The number of rotatable bonds is 2. The first-order chi connectivity index (χ1) is 11.6. The summed E-state index contributed by atoms with van der Waals surface area (Å²) in [6.45, 7) is 3.11. The second kappa shape index (κ2) is 6.14. The second-order valence-corrected chi connectivity index (χ2v) is 6.92. The van der Waals surface area contributed by atoms with Crippen molar-refractivity contribution in [1.82, 2.24) is 10.2 Å². The Labute approximate surface area is 144 Å². The van der Waals surface area contributed by atoms with Crippen LogP contribution in [0.25, 0.3) is 0 Å². The number of nitrogens with zero attached hydrogens (tertiary/aromatic N) is 1. The molecule has 0 aliphatic carbocycles. The van der Waals surface area contributed by atoms with Crippen LogP contribution in [0.5, 0.6) is 5.75 Å². The monoisotopic (exact) mass is 350 g/mol. The maximum Gasteiger partial charge on any atom is 0.319 e. The first-order valence-electron chi connectivity index (χ1n) is 8.14. The highest BCUT2D eigenvalue weighted by atomic mass is 35.5. The lowest BCUT2D eigenvalue weighted by Crippen LogP contribution is -2.57. The molecule has 2 bridgehead atoms. The van der Waals surface area contributed by atoms with Crippen LogP contribution in [0, 0.1) is 5.92 Å². The van der Waals surface area contributed by atoms with E-state index in [4.69, 9.17) is 16.3 Å². The van der Waals surface area contributed by atoms with Gasteiger partial charge in [0, 0.05) is 18.3 Å². The summed E-state index contributed by atoms with van der Waals surface area (Å²) < 4.78 is 5.30. The van der Waals surface area contributed by atoms with E-state index in [0.29, 0.717) is 28.1 Å². The number of benzene rings is 1. The first kappa shape index (κ1) is 15.5. The Balaban J connectivity index is 1.43. The van der Waals surface area contributed by atoms with Crippen molar-refractivity contribution < 1.29 is 14.3 Å². The third kappa shape index (κ3) is 3.01. The Hall–Kier alpha value is -1.99. The summed E-state index contributed by atoms with van der Waals surface area (Å²) in [4.78, 5) is 26.1. The Bertz CT molecular complexity index is 688. The summed E-state index contributed by atoms with van der Waals surface area (Å²) in [7, 11) is 0. The molecule has 4 aliphatic rings. The zero-order chi connectivity index (χ0) is 16.7. The number of hydrogen-bond donors (Lipinski definition) is 3. The average Bonchev–Trinajstić information content (AvgIpc) is 2.55. The number of hydrogen-bond acceptors (Lipinski definition) is 4. The van der Waals surface area contributed by atoms with Crippen LogP contribution in [0.15, 0.2) is 12.1 Å². The minimum absolute atomic E-state index is 0.0560. The van der Waals surface area contributed by atoms with Gasteiger partial charge in [-0.3, -0.25) is 4.79 Å². The third-order valence-corrected chi connectivity index (χ3v) is 5.18. The summed E-state index contributed by atoms with van der Waals surface area (Å²) in [6.07, 6.45) is 2.28. The minimum atomic E-state index is -0.257. The van der Waals surface area contributed by atoms with Crippen molar-refractivity contribution >= 4 is 34.9 Å². The maximum absolute atomic E-state index is 12.3. The van der Waals surface area contributed by atoms with Crippen molar-refractivity contribution in [1.29, 1.82) is 0 Å². The highest BCUT2D eigenvalue weighted by molar-refractivity contribution is 6.33. The lowest BCUT2D eigenvalue weighted by Gasteiger charge is -2.44. The molecule has 4 aliphatic heterocycles. The fourth-order valence-corrected chi connectivity index (χ4v) is 3.97. The molecular weight excluding hydrogens is 332 g/mol. The van der Waals surface area contributed by atoms with Crippen molar-refractivity contribution in [3.05, 3.63) is 17.2 Å². The number of piperidine rings is 3. The van der Waals surface area contributed by atoms with Crippen LogP contribution < -0.4 is 20.7 Å². The van der Waals surface area contributed by atoms with Gasteiger partial charge in [-0.05, 0) is 44.0 Å². The van der Waals surface area contributed by atoms with E-state index < -0.39 is 0 Å². The standard InChI is InChI=1S/C16H19ClN4O3/c17-11-5-10(6-12-15(11)24-8-14(22)19-12)18-16(23)20-13-7-21-3-1-9(13)2-4-21/h5-6,9,13H,1-4,7-8H2,(H,19,22)(H2,18,20,23)/t13-/m1/s1. The van der Waals surface area contributed by atoms with Gasteiger partial charge in [-0.15, -0.1) is 0 Å². The fourth-order valence-electron chi connectivity index (χ4n) is 3.69. The maximum atomic E-state index is 12.3. The van der Waals surface area contributed by atoms with E-state index in [1.165, 1.54) is 0 Å². The Kier molecular flexibility index (Phi) is 3.97. The molecular formula is C16H19ClN4O3. The van der Waals surface area contributed by atoms with Crippen LogP contribution in [0.1, 0.15) is 12.8 Å². The molecule has 3 N–H and O–H groups in total. The molecule has 0 unspecified atom stereocenters. The van der Waals surface area contributed by atoms with Gasteiger partial charge >= 0.3 is 6.03 Å². The van der Waals surface area contributed by atoms with Gasteiger partial charge in [0.1, 0.15) is 0 Å². The number of nitrogens with one attached hydrogen (secondary N) is 3. The molecule has 4 heterocycles. The van der Waals surface area contributed by atoms with Crippen molar-refractivity contribution in [2.75, 3.05) is 36.9 Å². The normalized spacial score (nSPS) is 27.7. The number of halogens is 1. The molecule has 8 heteroatoms. The number of urea groups is 1. The van der Waals surface area contributed by atoms with E-state index >= 15 is 0 Å². The number of carbonyl (C=O) groups is 2. The van der Waals surface area contributed by atoms with E-state index in [9.17, 15) is 9.59 Å². The van der Waals surface area contributed by atoms with Gasteiger partial charge in [0.05, 0.1) is 10.7 Å². The molecule has 0 aromatic heterocycles. The average molecular weight is 351 g/mol. The van der Waals surface area contributed by atoms with Crippen LogP contribution in [-0.2, 0) is 4.79 Å². The lowest BCUT2D eigenvalue weighted by molar-refractivity contribution is -0.118. The summed E-state index contributed by atoms with van der Waals surface area (Å²) in [5.74, 6) is 0.743. The molecule has 3 amide bonds. The van der Waals surface area contributed by atoms with Crippen LogP contribution in [0.3, 0.4) is 0 Å². The first-order valence-corrected chi connectivity index (χ1v) is 8.52. The predicted molar refractivity (Wildman–Crippen MR) is 90.7 cm³/mol. The lowest BCUT2D eigenvalue weighted by atomic mass is 9.84. The molecule has 24 heavy (non-hydrogen) atoms. The van der Waals surface area contributed by atoms with Crippen LogP contribution in [0.4, 0.5) is 16.2 Å². The Morgan fingerprint density at radius 3 is 2.83 bits per heavy atom. The van der Waals surface area contributed by atoms with E-state index in [-0.39, 0.29) is 24.6 Å². The Morgan fingerprint density at radius 2 is 2.12 bits per heavy atom. The van der Waals surface area contributed by atoms with Gasteiger partial charge < -0.3 is 25.6 Å².